The van der Waals surface area contributed by atoms with Crippen LogP contribution in [0.2, 0.25) is 0 Å². The Bertz CT molecular complexity index is 613. The molecular weight excluding hydrogens is 254 g/mol. The molecule has 0 atom stereocenters. The maximum Gasteiger partial charge on any atom is 0.371 e. The third-order valence-electron chi connectivity index (χ3n) is 3.44. The summed E-state index contributed by atoms with van der Waals surface area (Å²) in [7, 11) is 0. The third kappa shape index (κ3) is 3.39. The van der Waals surface area contributed by atoms with E-state index in [4.69, 9.17) is 9.52 Å². The van der Waals surface area contributed by atoms with Gasteiger partial charge < -0.3 is 14.8 Å². The van der Waals surface area contributed by atoms with E-state index < -0.39 is 5.97 Å². The summed E-state index contributed by atoms with van der Waals surface area (Å²) < 4.78 is 5.25. The molecule has 0 radical (unpaired) electrons. The Kier molecular flexibility index (Phi) is 4.14. The first-order chi connectivity index (χ1) is 9.41. The molecule has 0 fully saturated rings. The molecule has 0 saturated carbocycles. The van der Waals surface area contributed by atoms with Gasteiger partial charge in [-0.25, -0.2) is 4.79 Å². The maximum absolute atomic E-state index is 10.9. The number of fused-ring (bicyclic) bond motifs is 1. The Morgan fingerprint density at radius 1 is 1.35 bits per heavy atom. The lowest BCUT2D eigenvalue weighted by Crippen LogP contribution is -2.38. The van der Waals surface area contributed by atoms with Crippen LogP contribution < -0.4 is 5.32 Å². The monoisotopic (exact) mass is 275 g/mol. The number of hydrogen-bond donors (Lipinski definition) is 2. The summed E-state index contributed by atoms with van der Waals surface area (Å²) in [6, 6.07) is 7.33. The average molecular weight is 275 g/mol. The second kappa shape index (κ2) is 5.67. The van der Waals surface area contributed by atoms with Crippen molar-refractivity contribution in [1.29, 1.82) is 0 Å². The van der Waals surface area contributed by atoms with Gasteiger partial charge in [-0.2, -0.15) is 0 Å². The number of carbonyl (C=O) groups is 1. The topological polar surface area (TPSA) is 62.5 Å². The molecule has 4 nitrogen and oxygen atoms in total. The van der Waals surface area contributed by atoms with Crippen LogP contribution in [0, 0.1) is 0 Å². The minimum absolute atomic E-state index is 0.0172. The summed E-state index contributed by atoms with van der Waals surface area (Å²) in [6.45, 7) is 7.32. The standard InChI is InChI=1S/C16H21NO3/c1-4-7-16(2,3)17-10-11-5-6-13-12(8-11)9-14(20-13)15(18)19/h5-6,8-9,17H,4,7,10H2,1-3H3,(H,18,19). The molecule has 0 saturated heterocycles. The van der Waals surface area contributed by atoms with E-state index >= 15 is 0 Å². The molecular formula is C16H21NO3. The fraction of sp³-hybridized carbons (Fsp3) is 0.438. The van der Waals surface area contributed by atoms with Crippen molar-refractivity contribution in [3.05, 3.63) is 35.6 Å². The molecule has 0 aliphatic rings. The smallest absolute Gasteiger partial charge is 0.371 e. The quantitative estimate of drug-likeness (QED) is 0.841. The summed E-state index contributed by atoms with van der Waals surface area (Å²) in [5.74, 6) is -1.05. The molecule has 0 amide bonds. The number of hydrogen-bond acceptors (Lipinski definition) is 3. The number of rotatable bonds is 6. The Labute approximate surface area is 118 Å². The number of furan rings is 1. The largest absolute Gasteiger partial charge is 0.475 e. The van der Waals surface area contributed by atoms with Crippen molar-refractivity contribution >= 4 is 16.9 Å². The maximum atomic E-state index is 10.9. The van der Waals surface area contributed by atoms with Gasteiger partial charge in [0.2, 0.25) is 5.76 Å². The highest BCUT2D eigenvalue weighted by Gasteiger charge is 2.15. The van der Waals surface area contributed by atoms with Gasteiger partial charge in [0.1, 0.15) is 5.58 Å². The molecule has 20 heavy (non-hydrogen) atoms. The van der Waals surface area contributed by atoms with Gasteiger partial charge in [0.25, 0.3) is 0 Å². The van der Waals surface area contributed by atoms with Gasteiger partial charge >= 0.3 is 5.97 Å². The molecule has 0 bridgehead atoms. The van der Waals surface area contributed by atoms with Crippen LogP contribution in [0.1, 0.15) is 49.7 Å². The summed E-state index contributed by atoms with van der Waals surface area (Å²) in [6.07, 6.45) is 2.26. The van der Waals surface area contributed by atoms with E-state index in [9.17, 15) is 4.79 Å². The lowest BCUT2D eigenvalue weighted by atomic mass is 9.98. The molecule has 1 aromatic carbocycles. The van der Waals surface area contributed by atoms with Crippen LogP contribution in [0.15, 0.2) is 28.7 Å². The summed E-state index contributed by atoms with van der Waals surface area (Å²) in [5, 5.41) is 13.3. The van der Waals surface area contributed by atoms with Gasteiger partial charge in [-0.3, -0.25) is 0 Å². The molecule has 108 valence electrons. The molecule has 0 aliphatic carbocycles. The van der Waals surface area contributed by atoms with Crippen LogP contribution >= 0.6 is 0 Å². The predicted molar refractivity (Wildman–Crippen MR) is 79.0 cm³/mol. The van der Waals surface area contributed by atoms with Crippen molar-refractivity contribution in [2.24, 2.45) is 0 Å². The first-order valence-electron chi connectivity index (χ1n) is 6.92. The van der Waals surface area contributed by atoms with E-state index in [2.05, 4.69) is 26.1 Å². The number of aromatic carboxylic acids is 1. The van der Waals surface area contributed by atoms with Crippen LogP contribution in [0.25, 0.3) is 11.0 Å². The third-order valence-corrected chi connectivity index (χ3v) is 3.44. The highest BCUT2D eigenvalue weighted by molar-refractivity contribution is 5.91. The number of carboxylic acid groups (broad SMARTS) is 1. The van der Waals surface area contributed by atoms with Gasteiger partial charge in [0.05, 0.1) is 0 Å². The summed E-state index contributed by atoms with van der Waals surface area (Å²) >= 11 is 0. The lowest BCUT2D eigenvalue weighted by molar-refractivity contribution is 0.0665. The van der Waals surface area contributed by atoms with Crippen LogP contribution in [0.5, 0.6) is 0 Å². The van der Waals surface area contributed by atoms with Crippen molar-refractivity contribution in [2.45, 2.75) is 45.7 Å². The van der Waals surface area contributed by atoms with E-state index in [-0.39, 0.29) is 11.3 Å². The van der Waals surface area contributed by atoms with Crippen molar-refractivity contribution in [2.75, 3.05) is 0 Å². The van der Waals surface area contributed by atoms with Gasteiger partial charge in [0.15, 0.2) is 0 Å². The summed E-state index contributed by atoms with van der Waals surface area (Å²) in [4.78, 5) is 10.9. The molecule has 2 N–H and O–H groups in total. The van der Waals surface area contributed by atoms with Crippen LogP contribution in [0.3, 0.4) is 0 Å². The molecule has 1 heterocycles. The Hall–Kier alpha value is -1.81. The molecule has 1 aromatic heterocycles. The highest BCUT2D eigenvalue weighted by Crippen LogP contribution is 2.21. The zero-order valence-corrected chi connectivity index (χ0v) is 12.2. The number of benzene rings is 1. The summed E-state index contributed by atoms with van der Waals surface area (Å²) in [5.41, 5.74) is 1.84. The first kappa shape index (κ1) is 14.6. The molecule has 2 aromatic rings. The molecule has 0 unspecified atom stereocenters. The molecule has 0 spiro atoms. The first-order valence-corrected chi connectivity index (χ1v) is 6.92. The Morgan fingerprint density at radius 3 is 2.75 bits per heavy atom. The second-order valence-electron chi connectivity index (χ2n) is 5.78. The van der Waals surface area contributed by atoms with E-state index in [0.29, 0.717) is 5.58 Å². The fourth-order valence-electron chi connectivity index (χ4n) is 2.36. The van der Waals surface area contributed by atoms with Crippen molar-refractivity contribution in [3.63, 3.8) is 0 Å². The minimum atomic E-state index is -1.04. The van der Waals surface area contributed by atoms with Crippen molar-refractivity contribution in [1.82, 2.24) is 5.32 Å². The Balaban J connectivity index is 2.13. The van der Waals surface area contributed by atoms with Gasteiger partial charge in [0, 0.05) is 17.5 Å². The van der Waals surface area contributed by atoms with Crippen molar-refractivity contribution in [3.8, 4) is 0 Å². The zero-order chi connectivity index (χ0) is 14.8. The lowest BCUT2D eigenvalue weighted by Gasteiger charge is -2.26. The van der Waals surface area contributed by atoms with E-state index in [1.165, 1.54) is 0 Å². The number of nitrogens with one attached hydrogen (secondary N) is 1. The van der Waals surface area contributed by atoms with Gasteiger partial charge in [-0.15, -0.1) is 0 Å². The van der Waals surface area contributed by atoms with E-state index in [1.54, 1.807) is 6.07 Å². The predicted octanol–water partition coefficient (Wildman–Crippen LogP) is 3.80. The SMILES string of the molecule is CCCC(C)(C)NCc1ccc2oc(C(=O)O)cc2c1. The van der Waals surface area contributed by atoms with E-state index in [0.717, 1.165) is 30.3 Å². The second-order valence-corrected chi connectivity index (χ2v) is 5.78. The normalized spacial score (nSPS) is 11.9. The van der Waals surface area contributed by atoms with Crippen molar-refractivity contribution < 1.29 is 14.3 Å². The zero-order valence-electron chi connectivity index (χ0n) is 12.2. The average Bonchev–Trinajstić information content (AvgIpc) is 2.79. The molecule has 4 heteroatoms. The van der Waals surface area contributed by atoms with Crippen LogP contribution in [-0.2, 0) is 6.54 Å². The van der Waals surface area contributed by atoms with Gasteiger partial charge in [-0.1, -0.05) is 19.4 Å². The van der Waals surface area contributed by atoms with E-state index in [1.807, 2.05) is 18.2 Å². The molecule has 2 rings (SSSR count). The minimum Gasteiger partial charge on any atom is -0.475 e. The van der Waals surface area contributed by atoms with Crippen LogP contribution in [-0.4, -0.2) is 16.6 Å². The number of carboxylic acids is 1. The fourth-order valence-corrected chi connectivity index (χ4v) is 2.36. The Morgan fingerprint density at radius 2 is 2.10 bits per heavy atom. The van der Waals surface area contributed by atoms with Crippen LogP contribution in [0.4, 0.5) is 0 Å². The molecule has 0 aliphatic heterocycles. The van der Waals surface area contributed by atoms with Gasteiger partial charge in [-0.05, 0) is 44.0 Å². The highest BCUT2D eigenvalue weighted by atomic mass is 16.4.